The fourth-order valence-electron chi connectivity index (χ4n) is 8.92. The maximum atomic E-state index is 14.0. The molecule has 2 aromatic heterocycles. The van der Waals surface area contributed by atoms with Crippen molar-refractivity contribution in [1.82, 2.24) is 40.4 Å². The first-order chi connectivity index (χ1) is 31.3. The van der Waals surface area contributed by atoms with E-state index in [1.165, 1.54) is 14.2 Å². The number of ether oxygens (including phenoxy) is 2. The van der Waals surface area contributed by atoms with Crippen LogP contribution in [0.1, 0.15) is 72.6 Å². The summed E-state index contributed by atoms with van der Waals surface area (Å²) in [5, 5.41) is 7.60. The van der Waals surface area contributed by atoms with Crippen LogP contribution in [0, 0.1) is 0 Å². The van der Waals surface area contributed by atoms with Gasteiger partial charge in [0.2, 0.25) is 0 Å². The summed E-state index contributed by atoms with van der Waals surface area (Å²) in [5.74, 6) is 0.978. The number of likely N-dealkylation sites (tertiary alicyclic amines) is 2. The van der Waals surface area contributed by atoms with E-state index in [0.717, 1.165) is 70.1 Å². The van der Waals surface area contributed by atoms with Crippen molar-refractivity contribution in [2.45, 2.75) is 49.9 Å². The Morgan fingerprint density at radius 1 is 0.562 bits per heavy atom. The second kappa shape index (κ2) is 18.3. The fraction of sp³-hybridized carbons (Fsp3) is 0.240. The molecule has 5 aromatic carbocycles. The zero-order valence-electron chi connectivity index (χ0n) is 35.5. The summed E-state index contributed by atoms with van der Waals surface area (Å²) in [6, 6.07) is 37.1. The molecule has 14 heteroatoms. The Morgan fingerprint density at radius 3 is 1.47 bits per heavy atom. The molecular weight excluding hydrogens is 809 g/mol. The molecule has 2 saturated heterocycles. The molecule has 7 aromatic rings. The highest BCUT2D eigenvalue weighted by atomic mass is 16.5. The van der Waals surface area contributed by atoms with Gasteiger partial charge in [-0.3, -0.25) is 9.59 Å². The number of H-pyrrole nitrogens is 2. The van der Waals surface area contributed by atoms with Crippen LogP contribution < -0.4 is 10.6 Å². The van der Waals surface area contributed by atoms with Gasteiger partial charge in [0.15, 0.2) is 0 Å². The Balaban J connectivity index is 0.875. The van der Waals surface area contributed by atoms with Crippen LogP contribution in [0.25, 0.3) is 44.4 Å². The highest BCUT2D eigenvalue weighted by Gasteiger charge is 2.38. The monoisotopic (exact) mass is 856 g/mol. The minimum absolute atomic E-state index is 0.213. The van der Waals surface area contributed by atoms with E-state index in [0.29, 0.717) is 35.9 Å². The molecule has 0 aliphatic carbocycles. The van der Waals surface area contributed by atoms with Gasteiger partial charge in [-0.15, -0.1) is 0 Å². The smallest absolute Gasteiger partial charge is 0.407 e. The highest BCUT2D eigenvalue weighted by molar-refractivity contribution is 5.91. The number of hydrogen-bond acceptors (Lipinski definition) is 8. The van der Waals surface area contributed by atoms with Crippen LogP contribution in [0.3, 0.4) is 0 Å². The highest BCUT2D eigenvalue weighted by Crippen LogP contribution is 2.37. The van der Waals surface area contributed by atoms with Gasteiger partial charge in [-0.1, -0.05) is 109 Å². The van der Waals surface area contributed by atoms with Gasteiger partial charge < -0.3 is 39.9 Å². The summed E-state index contributed by atoms with van der Waals surface area (Å²) in [5.41, 5.74) is 7.15. The topological polar surface area (TPSA) is 175 Å². The number of benzene rings is 5. The first-order valence-electron chi connectivity index (χ1n) is 21.4. The lowest BCUT2D eigenvalue weighted by Gasteiger charge is -2.28. The van der Waals surface area contributed by atoms with Crippen LogP contribution >= 0.6 is 0 Å². The summed E-state index contributed by atoms with van der Waals surface area (Å²) in [6.07, 6.45) is 5.41. The molecule has 2 unspecified atom stereocenters. The van der Waals surface area contributed by atoms with Gasteiger partial charge in [0, 0.05) is 18.7 Å². The Bertz CT molecular complexity index is 2790. The molecular formula is C50H48N8O6. The van der Waals surface area contributed by atoms with E-state index in [1.807, 2.05) is 66.9 Å². The van der Waals surface area contributed by atoms with Crippen LogP contribution in [0.2, 0.25) is 0 Å². The number of rotatable bonds is 11. The molecule has 4 amide bonds. The van der Waals surface area contributed by atoms with Gasteiger partial charge >= 0.3 is 12.2 Å². The largest absolute Gasteiger partial charge is 0.453 e. The average molecular weight is 857 g/mol. The van der Waals surface area contributed by atoms with E-state index in [4.69, 9.17) is 19.4 Å². The van der Waals surface area contributed by atoms with Crippen LogP contribution in [0.5, 0.6) is 0 Å². The molecule has 2 aliphatic heterocycles. The quantitative estimate of drug-likeness (QED) is 0.0999. The Kier molecular flexibility index (Phi) is 11.9. The summed E-state index contributed by atoms with van der Waals surface area (Å²) in [6.45, 7) is 1.10. The second-order valence-corrected chi connectivity index (χ2v) is 16.1. The van der Waals surface area contributed by atoms with E-state index < -0.39 is 24.3 Å². The van der Waals surface area contributed by atoms with Gasteiger partial charge in [0.05, 0.1) is 50.1 Å². The third kappa shape index (κ3) is 8.54. The molecule has 0 radical (unpaired) electrons. The number of amides is 4. The van der Waals surface area contributed by atoms with Gasteiger partial charge in [0.1, 0.15) is 23.7 Å². The zero-order valence-corrected chi connectivity index (χ0v) is 35.5. The standard InChI is InChI=1S/C50H48N8O6/c1-63-49(61)55-43(33-11-5-3-6-12-33)47(59)57-25-9-15-41(57)45-51-29-39(53-45)32-19-17-31(18-20-32)35-21-22-37-28-38(24-23-36(37)27-35)40-30-52-46(54-40)42-16-10-26-58(42)48(60)44(56-50(62)64-2)34-13-7-4-8-14-34/h3-8,11-14,17-24,27-30,41-44H,9-10,15-16,25-26H2,1-2H3,(H,51,53)(H,52,54)(H,55,61)(H,56,62)/t41-,42-,43?,44?/m0/s1. The van der Waals surface area contributed by atoms with Crippen LogP contribution in [0.4, 0.5) is 9.59 Å². The molecule has 14 nitrogen and oxygen atoms in total. The number of carbonyl (C=O) groups is 4. The van der Waals surface area contributed by atoms with Crippen LogP contribution in [-0.4, -0.2) is 81.0 Å². The minimum Gasteiger partial charge on any atom is -0.453 e. The molecule has 0 bridgehead atoms. The summed E-state index contributed by atoms with van der Waals surface area (Å²) < 4.78 is 9.68. The molecule has 4 N–H and O–H groups in total. The number of imidazole rings is 2. The maximum absolute atomic E-state index is 14.0. The molecule has 9 rings (SSSR count). The summed E-state index contributed by atoms with van der Waals surface area (Å²) >= 11 is 0. The first-order valence-corrected chi connectivity index (χ1v) is 21.4. The number of methoxy groups -OCH3 is 2. The van der Waals surface area contributed by atoms with Crippen molar-refractivity contribution in [3.63, 3.8) is 0 Å². The normalized spacial score (nSPS) is 16.9. The SMILES string of the molecule is COC(=O)NC(C(=O)N1CCC[C@H]1c1ncc(-c2ccc(-c3ccc4cc(-c5cnc([C@@H]6CCCN6C(=O)C(NC(=O)OC)c6ccccc6)[nH]5)ccc4c3)cc2)[nH]1)c1ccccc1. The number of nitrogens with one attached hydrogen (secondary N) is 4. The predicted molar refractivity (Wildman–Crippen MR) is 241 cm³/mol. The minimum atomic E-state index is -0.885. The lowest BCUT2D eigenvalue weighted by atomic mass is 9.98. The molecule has 0 saturated carbocycles. The number of aromatic amines is 2. The maximum Gasteiger partial charge on any atom is 0.407 e. The van der Waals surface area contributed by atoms with Gasteiger partial charge in [0.25, 0.3) is 11.8 Å². The number of alkyl carbamates (subject to hydrolysis) is 2. The van der Waals surface area contributed by atoms with E-state index in [1.54, 1.807) is 16.0 Å². The molecule has 64 heavy (non-hydrogen) atoms. The van der Waals surface area contributed by atoms with Gasteiger partial charge in [-0.2, -0.15) is 0 Å². The average Bonchev–Trinajstić information content (AvgIpc) is 4.20. The zero-order chi connectivity index (χ0) is 44.2. The predicted octanol–water partition coefficient (Wildman–Crippen LogP) is 8.81. The molecule has 4 heterocycles. The first kappa shape index (κ1) is 41.6. The van der Waals surface area contributed by atoms with Crippen molar-refractivity contribution in [1.29, 1.82) is 0 Å². The fourth-order valence-corrected chi connectivity index (χ4v) is 8.92. The summed E-state index contributed by atoms with van der Waals surface area (Å²) in [4.78, 5) is 72.4. The van der Waals surface area contributed by atoms with Crippen LogP contribution in [-0.2, 0) is 19.1 Å². The molecule has 4 atom stereocenters. The third-order valence-corrected chi connectivity index (χ3v) is 12.2. The van der Waals surface area contributed by atoms with E-state index >= 15 is 0 Å². The van der Waals surface area contributed by atoms with Crippen molar-refractivity contribution in [2.24, 2.45) is 0 Å². The van der Waals surface area contributed by atoms with Crippen molar-refractivity contribution in [3.8, 4) is 33.6 Å². The summed E-state index contributed by atoms with van der Waals surface area (Å²) in [7, 11) is 2.56. The molecule has 324 valence electrons. The van der Waals surface area contributed by atoms with Crippen molar-refractivity contribution in [2.75, 3.05) is 27.3 Å². The third-order valence-electron chi connectivity index (χ3n) is 12.2. The van der Waals surface area contributed by atoms with Gasteiger partial charge in [-0.25, -0.2) is 19.6 Å². The number of aromatic nitrogens is 4. The van der Waals surface area contributed by atoms with Gasteiger partial charge in [-0.05, 0) is 76.4 Å². The molecule has 0 spiro atoms. The van der Waals surface area contributed by atoms with Crippen LogP contribution in [0.15, 0.2) is 134 Å². The van der Waals surface area contributed by atoms with Crippen molar-refractivity contribution >= 4 is 34.8 Å². The lowest BCUT2D eigenvalue weighted by molar-refractivity contribution is -0.135. The van der Waals surface area contributed by atoms with E-state index in [-0.39, 0.29) is 23.9 Å². The number of nitrogens with zero attached hydrogens (tertiary/aromatic N) is 4. The Hall–Kier alpha value is -7.74. The molecule has 2 fully saturated rings. The molecule has 2 aliphatic rings. The second-order valence-electron chi connectivity index (χ2n) is 16.1. The van der Waals surface area contributed by atoms with E-state index in [2.05, 4.69) is 81.3 Å². The lowest BCUT2D eigenvalue weighted by Crippen LogP contribution is -2.42. The van der Waals surface area contributed by atoms with Crippen molar-refractivity contribution < 1.29 is 28.7 Å². The Labute approximate surface area is 370 Å². The Morgan fingerprint density at radius 2 is 0.984 bits per heavy atom. The number of hydrogen-bond donors (Lipinski definition) is 4. The number of fused-ring (bicyclic) bond motifs is 1. The van der Waals surface area contributed by atoms with Crippen molar-refractivity contribution in [3.05, 3.63) is 156 Å². The number of carbonyl (C=O) groups excluding carboxylic acids is 4. The van der Waals surface area contributed by atoms with E-state index in [9.17, 15) is 19.2 Å².